The molecule has 2 aromatic rings. The Morgan fingerprint density at radius 3 is 2.56 bits per heavy atom. The predicted molar refractivity (Wildman–Crippen MR) is 116 cm³/mol. The summed E-state index contributed by atoms with van der Waals surface area (Å²) in [7, 11) is 0. The summed E-state index contributed by atoms with van der Waals surface area (Å²) in [5, 5.41) is 0.865. The normalized spacial score (nSPS) is 18.6. The Labute approximate surface area is 177 Å². The number of nitrogens with zero attached hydrogens (tertiary/aromatic N) is 2. The molecule has 0 spiro atoms. The van der Waals surface area contributed by atoms with Gasteiger partial charge < -0.3 is 15.4 Å². The smallest absolute Gasteiger partial charge is 0.265 e. The zero-order valence-corrected chi connectivity index (χ0v) is 18.3. The maximum atomic E-state index is 12.9. The van der Waals surface area contributed by atoms with Crippen molar-refractivity contribution in [2.24, 2.45) is 11.1 Å². The van der Waals surface area contributed by atoms with Gasteiger partial charge in [-0.25, -0.2) is 4.98 Å². The molecule has 3 rings (SSSR count). The summed E-state index contributed by atoms with van der Waals surface area (Å²) in [6.45, 7) is 8.75. The maximum absolute atomic E-state index is 12.9. The van der Waals surface area contributed by atoms with E-state index in [4.69, 9.17) is 10.5 Å². The lowest BCUT2D eigenvalue weighted by atomic mass is 9.90. The topological polar surface area (TPSA) is 68.5 Å². The Balaban J connectivity index is 0.00000182. The van der Waals surface area contributed by atoms with E-state index in [-0.39, 0.29) is 36.1 Å². The Bertz CT molecular complexity index is 767. The van der Waals surface area contributed by atoms with Crippen LogP contribution in [0.15, 0.2) is 24.3 Å². The fourth-order valence-corrected chi connectivity index (χ4v) is 4.13. The van der Waals surface area contributed by atoms with E-state index in [1.165, 1.54) is 11.3 Å². The van der Waals surface area contributed by atoms with Gasteiger partial charge >= 0.3 is 0 Å². The van der Waals surface area contributed by atoms with Crippen LogP contribution in [0.1, 0.15) is 35.6 Å². The van der Waals surface area contributed by atoms with E-state index in [0.29, 0.717) is 13.2 Å². The van der Waals surface area contributed by atoms with Crippen LogP contribution in [0.25, 0.3) is 10.6 Å². The first-order chi connectivity index (χ1) is 12.0. The monoisotopic (exact) mass is 431 g/mol. The van der Waals surface area contributed by atoms with Crippen molar-refractivity contribution in [2.45, 2.75) is 27.2 Å². The van der Waals surface area contributed by atoms with E-state index in [0.717, 1.165) is 46.4 Å². The van der Waals surface area contributed by atoms with Crippen LogP contribution in [-0.2, 0) is 0 Å². The number of thiazole rings is 1. The van der Waals surface area contributed by atoms with Gasteiger partial charge in [-0.15, -0.1) is 36.2 Å². The van der Waals surface area contributed by atoms with Crippen molar-refractivity contribution in [3.05, 3.63) is 34.8 Å². The lowest BCUT2D eigenvalue weighted by molar-refractivity contribution is 0.0780. The number of amides is 1. The van der Waals surface area contributed by atoms with Crippen LogP contribution >= 0.6 is 36.2 Å². The standard InChI is InChI=1S/C19H25N3O2S.2ClH/c1-4-24-15-7-5-14(6-8-15)17-21-13(2)16(25-17)18(23)22-10-9-19(3,11-20)12-22;;/h5-8H,4,9-12,20H2,1-3H3;2*1H. The number of carbonyl (C=O) groups excluding carboxylic acids is 1. The minimum Gasteiger partial charge on any atom is -0.494 e. The molecule has 0 aliphatic carbocycles. The maximum Gasteiger partial charge on any atom is 0.265 e. The van der Waals surface area contributed by atoms with Gasteiger partial charge in [-0.05, 0) is 56.5 Å². The van der Waals surface area contributed by atoms with Gasteiger partial charge in [0.15, 0.2) is 0 Å². The number of likely N-dealkylation sites (tertiary alicyclic amines) is 1. The van der Waals surface area contributed by atoms with Gasteiger partial charge in [-0.1, -0.05) is 6.92 Å². The van der Waals surface area contributed by atoms with Crippen molar-refractivity contribution in [2.75, 3.05) is 26.2 Å². The summed E-state index contributed by atoms with van der Waals surface area (Å²) in [5.74, 6) is 0.915. The molecule has 2 N–H and O–H groups in total. The number of ether oxygens (including phenoxy) is 1. The molecule has 1 amide bonds. The van der Waals surface area contributed by atoms with Crippen molar-refractivity contribution >= 4 is 42.1 Å². The molecule has 0 saturated carbocycles. The van der Waals surface area contributed by atoms with Crippen molar-refractivity contribution in [1.29, 1.82) is 0 Å². The number of rotatable bonds is 5. The molecule has 1 saturated heterocycles. The molecule has 1 aliphatic rings. The SMILES string of the molecule is CCOc1ccc(-c2nc(C)c(C(=O)N3CCC(C)(CN)C3)s2)cc1.Cl.Cl. The molecule has 0 bridgehead atoms. The van der Waals surface area contributed by atoms with Gasteiger partial charge in [0.2, 0.25) is 0 Å². The molecule has 2 heterocycles. The van der Waals surface area contributed by atoms with Crippen LogP contribution < -0.4 is 10.5 Å². The van der Waals surface area contributed by atoms with Crippen molar-refractivity contribution in [3.63, 3.8) is 0 Å². The minimum atomic E-state index is 0. The molecule has 1 atom stereocenters. The van der Waals surface area contributed by atoms with Gasteiger partial charge in [0.25, 0.3) is 5.91 Å². The highest BCUT2D eigenvalue weighted by Crippen LogP contribution is 2.33. The summed E-state index contributed by atoms with van der Waals surface area (Å²) >= 11 is 1.46. The van der Waals surface area contributed by atoms with Crippen LogP contribution in [-0.4, -0.2) is 42.0 Å². The van der Waals surface area contributed by atoms with Gasteiger partial charge in [-0.2, -0.15) is 0 Å². The average molecular weight is 432 g/mol. The molecule has 0 radical (unpaired) electrons. The predicted octanol–water partition coefficient (Wildman–Crippen LogP) is 4.17. The van der Waals surface area contributed by atoms with Gasteiger partial charge in [0, 0.05) is 18.7 Å². The van der Waals surface area contributed by atoms with Gasteiger partial charge in [0.1, 0.15) is 15.6 Å². The fourth-order valence-electron chi connectivity index (χ4n) is 3.09. The number of aromatic nitrogens is 1. The highest BCUT2D eigenvalue weighted by atomic mass is 35.5. The number of hydrogen-bond donors (Lipinski definition) is 1. The molecular formula is C19H27Cl2N3O2S. The third-order valence-electron chi connectivity index (χ3n) is 4.74. The number of nitrogens with two attached hydrogens (primary N) is 1. The third kappa shape index (κ3) is 5.13. The Morgan fingerprint density at radius 2 is 2.00 bits per heavy atom. The highest BCUT2D eigenvalue weighted by molar-refractivity contribution is 7.17. The Hall–Kier alpha value is -1.34. The molecular weight excluding hydrogens is 405 g/mol. The summed E-state index contributed by atoms with van der Waals surface area (Å²) in [4.78, 5) is 20.1. The zero-order chi connectivity index (χ0) is 18.0. The quantitative estimate of drug-likeness (QED) is 0.770. The van der Waals surface area contributed by atoms with Crippen LogP contribution in [0.5, 0.6) is 5.75 Å². The highest BCUT2D eigenvalue weighted by Gasteiger charge is 2.36. The number of carbonyl (C=O) groups is 1. The molecule has 27 heavy (non-hydrogen) atoms. The van der Waals surface area contributed by atoms with E-state index in [2.05, 4.69) is 11.9 Å². The molecule has 150 valence electrons. The summed E-state index contributed by atoms with van der Waals surface area (Å²) in [5.41, 5.74) is 7.68. The Kier molecular flexibility index (Phi) is 8.54. The zero-order valence-electron chi connectivity index (χ0n) is 15.9. The first kappa shape index (κ1) is 23.7. The van der Waals surface area contributed by atoms with E-state index in [9.17, 15) is 4.79 Å². The van der Waals surface area contributed by atoms with Crippen molar-refractivity contribution in [1.82, 2.24) is 9.88 Å². The average Bonchev–Trinajstić information content (AvgIpc) is 3.19. The first-order valence-corrected chi connectivity index (χ1v) is 9.47. The molecule has 1 aromatic heterocycles. The van der Waals surface area contributed by atoms with Crippen LogP contribution in [0, 0.1) is 12.3 Å². The molecule has 1 unspecified atom stereocenters. The van der Waals surface area contributed by atoms with Crippen LogP contribution in [0.2, 0.25) is 0 Å². The largest absolute Gasteiger partial charge is 0.494 e. The molecule has 5 nitrogen and oxygen atoms in total. The summed E-state index contributed by atoms with van der Waals surface area (Å²) < 4.78 is 5.47. The molecule has 1 aromatic carbocycles. The van der Waals surface area contributed by atoms with Crippen LogP contribution in [0.3, 0.4) is 0 Å². The first-order valence-electron chi connectivity index (χ1n) is 8.66. The second-order valence-electron chi connectivity index (χ2n) is 6.88. The number of aryl methyl sites for hydroxylation is 1. The van der Waals surface area contributed by atoms with Crippen LogP contribution in [0.4, 0.5) is 0 Å². The molecule has 8 heteroatoms. The van der Waals surface area contributed by atoms with E-state index < -0.39 is 0 Å². The summed E-state index contributed by atoms with van der Waals surface area (Å²) in [6, 6.07) is 7.84. The Morgan fingerprint density at radius 1 is 1.33 bits per heavy atom. The molecule has 1 fully saturated rings. The number of hydrogen-bond acceptors (Lipinski definition) is 5. The summed E-state index contributed by atoms with van der Waals surface area (Å²) in [6.07, 6.45) is 0.957. The van der Waals surface area contributed by atoms with E-state index in [1.807, 2.05) is 43.0 Å². The van der Waals surface area contributed by atoms with E-state index in [1.54, 1.807) is 0 Å². The van der Waals surface area contributed by atoms with Gasteiger partial charge in [-0.3, -0.25) is 4.79 Å². The lowest BCUT2D eigenvalue weighted by Gasteiger charge is -2.22. The number of benzene rings is 1. The minimum absolute atomic E-state index is 0. The second-order valence-corrected chi connectivity index (χ2v) is 7.88. The van der Waals surface area contributed by atoms with Crippen molar-refractivity contribution in [3.8, 4) is 16.3 Å². The van der Waals surface area contributed by atoms with Crippen molar-refractivity contribution < 1.29 is 9.53 Å². The number of halogens is 2. The van der Waals surface area contributed by atoms with E-state index >= 15 is 0 Å². The van der Waals surface area contributed by atoms with Gasteiger partial charge in [0.05, 0.1) is 12.3 Å². The fraction of sp³-hybridized carbons (Fsp3) is 0.474. The second kappa shape index (κ2) is 9.73. The lowest BCUT2D eigenvalue weighted by Crippen LogP contribution is -2.34. The molecule has 1 aliphatic heterocycles. The third-order valence-corrected chi connectivity index (χ3v) is 5.94.